The number of amides is 1. The lowest BCUT2D eigenvalue weighted by molar-refractivity contribution is 0.0969. The van der Waals surface area contributed by atoms with E-state index >= 15 is 0 Å². The predicted octanol–water partition coefficient (Wildman–Crippen LogP) is 3.42. The summed E-state index contributed by atoms with van der Waals surface area (Å²) in [5.41, 5.74) is 1.72. The maximum absolute atomic E-state index is 13.2. The van der Waals surface area contributed by atoms with Crippen LogP contribution < -0.4 is 5.32 Å². The zero-order valence-electron chi connectivity index (χ0n) is 13.8. The van der Waals surface area contributed by atoms with Gasteiger partial charge in [0.05, 0.1) is 16.6 Å². The molecule has 0 fully saturated rings. The minimum Gasteiger partial charge on any atom is -0.312 e. The Morgan fingerprint density at radius 3 is 2.48 bits per heavy atom. The smallest absolute Gasteiger partial charge is 0.260 e. The Balaban J connectivity index is 1.79. The summed E-state index contributed by atoms with van der Waals surface area (Å²) in [5, 5.41) is 4.89. The van der Waals surface area contributed by atoms with Crippen LogP contribution in [0, 0.1) is 0 Å². The van der Waals surface area contributed by atoms with E-state index in [0.717, 1.165) is 0 Å². The number of thiazole rings is 1. The Kier molecular flexibility index (Phi) is 3.32. The van der Waals surface area contributed by atoms with E-state index in [2.05, 4.69) is 10.3 Å². The van der Waals surface area contributed by atoms with E-state index < -0.39 is 5.91 Å². The second-order valence-corrected chi connectivity index (χ2v) is 6.94. The van der Waals surface area contributed by atoms with Crippen LogP contribution in [0.3, 0.4) is 0 Å². The van der Waals surface area contributed by atoms with Gasteiger partial charge in [0.1, 0.15) is 5.69 Å². The lowest BCUT2D eigenvalue weighted by atomic mass is 9.86. The van der Waals surface area contributed by atoms with Gasteiger partial charge >= 0.3 is 0 Å². The molecule has 27 heavy (non-hydrogen) atoms. The third-order valence-electron chi connectivity index (χ3n) is 4.58. The molecule has 0 unspecified atom stereocenters. The van der Waals surface area contributed by atoms with Crippen LogP contribution in [0.1, 0.15) is 42.3 Å². The lowest BCUT2D eigenvalue weighted by Crippen LogP contribution is -2.23. The minimum atomic E-state index is -0.463. The molecule has 3 heterocycles. The SMILES string of the molecule is O=C1c2ccccc2C(=O)c2c1c(C(=O)Nc1nccs1)c1ccccn21. The molecule has 1 aromatic carbocycles. The van der Waals surface area contributed by atoms with E-state index in [1.165, 1.54) is 11.3 Å². The summed E-state index contributed by atoms with van der Waals surface area (Å²) in [4.78, 5) is 43.4. The van der Waals surface area contributed by atoms with Gasteiger partial charge in [0.25, 0.3) is 5.91 Å². The maximum Gasteiger partial charge on any atom is 0.260 e. The second-order valence-electron chi connectivity index (χ2n) is 6.05. The molecule has 0 saturated heterocycles. The van der Waals surface area contributed by atoms with Crippen molar-refractivity contribution in [1.82, 2.24) is 9.38 Å². The Morgan fingerprint density at radius 2 is 1.74 bits per heavy atom. The number of fused-ring (bicyclic) bond motifs is 4. The van der Waals surface area contributed by atoms with Gasteiger partial charge in [0, 0.05) is 28.9 Å². The van der Waals surface area contributed by atoms with Gasteiger partial charge in [-0.15, -0.1) is 11.3 Å². The summed E-state index contributed by atoms with van der Waals surface area (Å²) in [5.74, 6) is -1.06. The van der Waals surface area contributed by atoms with Crippen LogP contribution in [0.4, 0.5) is 5.13 Å². The first-order valence-corrected chi connectivity index (χ1v) is 9.07. The molecule has 0 atom stereocenters. The molecule has 0 radical (unpaired) electrons. The molecular formula is C20H11N3O3S. The summed E-state index contributed by atoms with van der Waals surface area (Å²) in [6.07, 6.45) is 3.27. The third-order valence-corrected chi connectivity index (χ3v) is 5.27. The monoisotopic (exact) mass is 373 g/mol. The van der Waals surface area contributed by atoms with Crippen LogP contribution in [0.5, 0.6) is 0 Å². The van der Waals surface area contributed by atoms with E-state index in [1.807, 2.05) is 0 Å². The highest BCUT2D eigenvalue weighted by Gasteiger charge is 2.37. The number of nitrogens with one attached hydrogen (secondary N) is 1. The summed E-state index contributed by atoms with van der Waals surface area (Å²) in [6, 6.07) is 11.9. The number of nitrogens with zero attached hydrogens (tertiary/aromatic N) is 2. The quantitative estimate of drug-likeness (QED) is 0.514. The Hall–Kier alpha value is -3.58. The number of carbonyl (C=O) groups excluding carboxylic acids is 3. The predicted molar refractivity (Wildman–Crippen MR) is 101 cm³/mol. The van der Waals surface area contributed by atoms with E-state index in [0.29, 0.717) is 21.8 Å². The average Bonchev–Trinajstić information content (AvgIpc) is 3.31. The molecule has 6 nitrogen and oxygen atoms in total. The van der Waals surface area contributed by atoms with Gasteiger partial charge in [0.2, 0.25) is 5.78 Å². The molecule has 0 spiro atoms. The van der Waals surface area contributed by atoms with Gasteiger partial charge in [-0.2, -0.15) is 0 Å². The number of ketones is 2. The number of carbonyl (C=O) groups is 3. The fourth-order valence-corrected chi connectivity index (χ4v) is 3.99. The largest absolute Gasteiger partial charge is 0.312 e. The van der Waals surface area contributed by atoms with Crippen molar-refractivity contribution in [3.63, 3.8) is 0 Å². The Morgan fingerprint density at radius 1 is 1.00 bits per heavy atom. The fourth-order valence-electron chi connectivity index (χ4n) is 3.47. The summed E-state index contributed by atoms with van der Waals surface area (Å²) >= 11 is 1.28. The first kappa shape index (κ1) is 15.7. The van der Waals surface area contributed by atoms with Crippen LogP contribution in [0.2, 0.25) is 0 Å². The van der Waals surface area contributed by atoms with Crippen LogP contribution in [-0.2, 0) is 0 Å². The van der Waals surface area contributed by atoms with Crippen molar-refractivity contribution in [1.29, 1.82) is 0 Å². The number of hydrogen-bond acceptors (Lipinski definition) is 5. The minimum absolute atomic E-state index is 0.138. The zero-order valence-corrected chi connectivity index (χ0v) is 14.6. The van der Waals surface area contributed by atoms with Crippen LogP contribution >= 0.6 is 11.3 Å². The molecule has 0 aliphatic heterocycles. The number of benzene rings is 1. The van der Waals surface area contributed by atoms with Gasteiger partial charge in [-0.25, -0.2) is 4.98 Å². The highest BCUT2D eigenvalue weighted by Crippen LogP contribution is 2.34. The van der Waals surface area contributed by atoms with E-state index in [4.69, 9.17) is 0 Å². The van der Waals surface area contributed by atoms with Crippen LogP contribution in [0.15, 0.2) is 60.2 Å². The zero-order chi connectivity index (χ0) is 18.5. The van der Waals surface area contributed by atoms with Crippen molar-refractivity contribution >= 4 is 39.5 Å². The molecule has 3 aromatic heterocycles. The first-order valence-electron chi connectivity index (χ1n) is 8.19. The number of rotatable bonds is 2. The molecule has 1 amide bonds. The van der Waals surface area contributed by atoms with Crippen molar-refractivity contribution in [2.75, 3.05) is 5.32 Å². The van der Waals surface area contributed by atoms with Gasteiger partial charge in [0.15, 0.2) is 10.9 Å². The summed E-state index contributed by atoms with van der Waals surface area (Å²) < 4.78 is 1.61. The van der Waals surface area contributed by atoms with Crippen LogP contribution in [-0.4, -0.2) is 26.9 Å². The molecule has 0 bridgehead atoms. The van der Waals surface area contributed by atoms with E-state index in [-0.39, 0.29) is 28.4 Å². The molecule has 7 heteroatoms. The molecule has 130 valence electrons. The average molecular weight is 373 g/mol. The van der Waals surface area contributed by atoms with Gasteiger partial charge in [-0.05, 0) is 12.1 Å². The lowest BCUT2D eigenvalue weighted by Gasteiger charge is -2.15. The third kappa shape index (κ3) is 2.18. The maximum atomic E-state index is 13.2. The normalized spacial score (nSPS) is 12.7. The fraction of sp³-hybridized carbons (Fsp3) is 0. The van der Waals surface area contributed by atoms with E-state index in [9.17, 15) is 14.4 Å². The number of aromatic nitrogens is 2. The van der Waals surface area contributed by atoms with Gasteiger partial charge in [-0.3, -0.25) is 19.7 Å². The Bertz CT molecular complexity index is 1250. The van der Waals surface area contributed by atoms with Crippen molar-refractivity contribution in [2.24, 2.45) is 0 Å². The highest BCUT2D eigenvalue weighted by atomic mass is 32.1. The molecule has 1 aliphatic carbocycles. The molecule has 1 N–H and O–H groups in total. The number of anilines is 1. The van der Waals surface area contributed by atoms with Crippen molar-refractivity contribution in [2.45, 2.75) is 0 Å². The Labute approximate surface area is 157 Å². The standard InChI is InChI=1S/C20H11N3O3S/c24-17-11-5-1-2-6-12(11)18(25)16-15(17)14(13-7-3-4-9-23(13)16)19(26)22-20-21-8-10-27-20/h1-10H,(H,21,22,26). The molecular weight excluding hydrogens is 362 g/mol. The first-order chi connectivity index (χ1) is 13.2. The van der Waals surface area contributed by atoms with E-state index in [1.54, 1.807) is 64.6 Å². The topological polar surface area (TPSA) is 80.5 Å². The molecule has 5 rings (SSSR count). The van der Waals surface area contributed by atoms with Crippen LogP contribution in [0.25, 0.3) is 5.52 Å². The summed E-state index contributed by atoms with van der Waals surface area (Å²) in [6.45, 7) is 0. The number of pyridine rings is 1. The van der Waals surface area contributed by atoms with Crippen molar-refractivity contribution < 1.29 is 14.4 Å². The van der Waals surface area contributed by atoms with Crippen molar-refractivity contribution in [3.8, 4) is 0 Å². The van der Waals surface area contributed by atoms with Crippen molar-refractivity contribution in [3.05, 3.63) is 88.2 Å². The second kappa shape index (κ2) is 5.72. The molecule has 4 aromatic rings. The number of hydrogen-bond donors (Lipinski definition) is 1. The summed E-state index contributed by atoms with van der Waals surface area (Å²) in [7, 11) is 0. The van der Waals surface area contributed by atoms with Gasteiger partial charge < -0.3 is 4.40 Å². The molecule has 1 aliphatic rings. The van der Waals surface area contributed by atoms with Gasteiger partial charge in [-0.1, -0.05) is 30.3 Å². The highest BCUT2D eigenvalue weighted by molar-refractivity contribution is 7.13. The molecule has 0 saturated carbocycles.